The van der Waals surface area contributed by atoms with Crippen LogP contribution in [0.1, 0.15) is 16.8 Å². The lowest BCUT2D eigenvalue weighted by molar-refractivity contribution is -0.136. The SMILES string of the molecule is O=C(O)CCNC(=O)c1ccccc1-n1nccn1. The Morgan fingerprint density at radius 2 is 1.89 bits per heavy atom. The molecule has 1 heterocycles. The van der Waals surface area contributed by atoms with Crippen LogP contribution in [0.5, 0.6) is 0 Å². The molecule has 0 atom stereocenters. The minimum Gasteiger partial charge on any atom is -0.481 e. The summed E-state index contributed by atoms with van der Waals surface area (Å²) in [6.07, 6.45) is 2.91. The highest BCUT2D eigenvalue weighted by molar-refractivity contribution is 5.97. The number of carbonyl (C=O) groups excluding carboxylic acids is 1. The molecular formula is C12H12N4O3. The maximum absolute atomic E-state index is 12.0. The van der Waals surface area contributed by atoms with E-state index in [-0.39, 0.29) is 18.9 Å². The monoisotopic (exact) mass is 260 g/mol. The highest BCUT2D eigenvalue weighted by Crippen LogP contribution is 2.11. The molecule has 0 saturated heterocycles. The van der Waals surface area contributed by atoms with E-state index in [9.17, 15) is 9.59 Å². The third-order valence-electron chi connectivity index (χ3n) is 2.41. The highest BCUT2D eigenvalue weighted by atomic mass is 16.4. The number of benzene rings is 1. The van der Waals surface area contributed by atoms with Crippen molar-refractivity contribution in [2.45, 2.75) is 6.42 Å². The topological polar surface area (TPSA) is 97.1 Å². The Bertz CT molecular complexity index is 580. The number of carbonyl (C=O) groups is 2. The minimum absolute atomic E-state index is 0.0784. The van der Waals surface area contributed by atoms with Gasteiger partial charge in [-0.3, -0.25) is 9.59 Å². The smallest absolute Gasteiger partial charge is 0.305 e. The first-order chi connectivity index (χ1) is 9.18. The predicted molar refractivity (Wildman–Crippen MR) is 65.9 cm³/mol. The fourth-order valence-corrected chi connectivity index (χ4v) is 1.56. The van der Waals surface area contributed by atoms with Crippen LogP contribution in [-0.2, 0) is 4.79 Å². The van der Waals surface area contributed by atoms with Crippen molar-refractivity contribution in [2.75, 3.05) is 6.54 Å². The van der Waals surface area contributed by atoms with Crippen molar-refractivity contribution in [2.24, 2.45) is 0 Å². The second-order valence-electron chi connectivity index (χ2n) is 3.74. The fourth-order valence-electron chi connectivity index (χ4n) is 1.56. The van der Waals surface area contributed by atoms with Crippen molar-refractivity contribution < 1.29 is 14.7 Å². The van der Waals surface area contributed by atoms with E-state index in [1.165, 1.54) is 17.2 Å². The Balaban J connectivity index is 2.16. The standard InChI is InChI=1S/C12H12N4O3/c17-11(18)5-6-13-12(19)9-3-1-2-4-10(9)16-14-7-8-15-16/h1-4,7-8H,5-6H2,(H,13,19)(H,17,18). The second kappa shape index (κ2) is 5.76. The normalized spacial score (nSPS) is 10.1. The van der Waals surface area contributed by atoms with Crippen LogP contribution >= 0.6 is 0 Å². The molecule has 0 saturated carbocycles. The first-order valence-corrected chi connectivity index (χ1v) is 5.64. The van der Waals surface area contributed by atoms with E-state index < -0.39 is 5.97 Å². The van der Waals surface area contributed by atoms with Crippen LogP contribution in [0.2, 0.25) is 0 Å². The number of aliphatic carboxylic acids is 1. The van der Waals surface area contributed by atoms with E-state index in [0.29, 0.717) is 11.3 Å². The number of hydrogen-bond acceptors (Lipinski definition) is 4. The Hall–Kier alpha value is -2.70. The van der Waals surface area contributed by atoms with Crippen LogP contribution in [0.3, 0.4) is 0 Å². The van der Waals surface area contributed by atoms with Crippen molar-refractivity contribution >= 4 is 11.9 Å². The van der Waals surface area contributed by atoms with E-state index in [0.717, 1.165) is 0 Å². The van der Waals surface area contributed by atoms with Crippen molar-refractivity contribution in [1.29, 1.82) is 0 Å². The third kappa shape index (κ3) is 3.15. The summed E-state index contributed by atoms with van der Waals surface area (Å²) < 4.78 is 0. The number of rotatable bonds is 5. The van der Waals surface area contributed by atoms with Gasteiger partial charge < -0.3 is 10.4 Å². The summed E-state index contributed by atoms with van der Waals surface area (Å²) in [5.74, 6) is -1.31. The summed E-state index contributed by atoms with van der Waals surface area (Å²) in [4.78, 5) is 23.7. The number of para-hydroxylation sites is 1. The highest BCUT2D eigenvalue weighted by Gasteiger charge is 2.13. The van der Waals surface area contributed by atoms with Crippen LogP contribution in [0, 0.1) is 0 Å². The number of carboxylic acid groups (broad SMARTS) is 1. The number of amides is 1. The van der Waals surface area contributed by atoms with E-state index >= 15 is 0 Å². The van der Waals surface area contributed by atoms with Crippen LogP contribution < -0.4 is 5.32 Å². The van der Waals surface area contributed by atoms with Gasteiger partial charge in [0.1, 0.15) is 0 Å². The zero-order valence-electron chi connectivity index (χ0n) is 9.98. The third-order valence-corrected chi connectivity index (χ3v) is 2.41. The molecule has 7 heteroatoms. The maximum Gasteiger partial charge on any atom is 0.305 e. The molecule has 0 unspecified atom stereocenters. The zero-order chi connectivity index (χ0) is 13.7. The van der Waals surface area contributed by atoms with E-state index in [1.807, 2.05) is 0 Å². The van der Waals surface area contributed by atoms with Gasteiger partial charge in [-0.15, -0.1) is 0 Å². The first kappa shape index (κ1) is 12.7. The molecule has 98 valence electrons. The minimum atomic E-state index is -0.956. The summed E-state index contributed by atoms with van der Waals surface area (Å²) >= 11 is 0. The number of nitrogens with one attached hydrogen (secondary N) is 1. The number of hydrogen-bond donors (Lipinski definition) is 2. The average molecular weight is 260 g/mol. The van der Waals surface area contributed by atoms with Crippen molar-refractivity contribution in [1.82, 2.24) is 20.3 Å². The molecule has 1 aromatic heterocycles. The Kier molecular flexibility index (Phi) is 3.87. The van der Waals surface area contributed by atoms with Gasteiger partial charge in [0.05, 0.1) is 30.1 Å². The molecule has 0 radical (unpaired) electrons. The average Bonchev–Trinajstić information content (AvgIpc) is 2.92. The van der Waals surface area contributed by atoms with Crippen LogP contribution in [0.15, 0.2) is 36.7 Å². The van der Waals surface area contributed by atoms with Gasteiger partial charge in [0.15, 0.2) is 0 Å². The molecule has 0 spiro atoms. The van der Waals surface area contributed by atoms with Crippen molar-refractivity contribution in [3.05, 3.63) is 42.2 Å². The summed E-state index contributed by atoms with van der Waals surface area (Å²) in [6.45, 7) is 0.0784. The van der Waals surface area contributed by atoms with Crippen LogP contribution in [-0.4, -0.2) is 38.5 Å². The van der Waals surface area contributed by atoms with E-state index in [4.69, 9.17) is 5.11 Å². The molecule has 2 N–H and O–H groups in total. The molecule has 0 aliphatic heterocycles. The molecule has 2 aromatic rings. The van der Waals surface area contributed by atoms with Crippen molar-refractivity contribution in [3.63, 3.8) is 0 Å². The molecule has 7 nitrogen and oxygen atoms in total. The quantitative estimate of drug-likeness (QED) is 0.814. The van der Waals surface area contributed by atoms with Crippen molar-refractivity contribution in [3.8, 4) is 5.69 Å². The number of carboxylic acids is 1. The summed E-state index contributed by atoms with van der Waals surface area (Å²) in [5.41, 5.74) is 0.935. The largest absolute Gasteiger partial charge is 0.481 e. The molecule has 0 bridgehead atoms. The Labute approximate surface area is 108 Å². The van der Waals surface area contributed by atoms with Crippen LogP contribution in [0.25, 0.3) is 5.69 Å². The van der Waals surface area contributed by atoms with Gasteiger partial charge >= 0.3 is 5.97 Å². The summed E-state index contributed by atoms with van der Waals surface area (Å²) in [6, 6.07) is 6.84. The predicted octanol–water partition coefficient (Wildman–Crippen LogP) is 0.472. The Morgan fingerprint density at radius 3 is 2.58 bits per heavy atom. The molecule has 2 rings (SSSR count). The fraction of sp³-hybridized carbons (Fsp3) is 0.167. The van der Waals surface area contributed by atoms with E-state index in [2.05, 4.69) is 15.5 Å². The second-order valence-corrected chi connectivity index (χ2v) is 3.74. The first-order valence-electron chi connectivity index (χ1n) is 5.64. The molecule has 1 aromatic carbocycles. The summed E-state index contributed by atoms with van der Waals surface area (Å²) in [5, 5.41) is 19.0. The van der Waals surface area contributed by atoms with Gasteiger partial charge in [0.2, 0.25) is 0 Å². The van der Waals surface area contributed by atoms with Gasteiger partial charge in [-0.25, -0.2) is 0 Å². The number of aromatic nitrogens is 3. The van der Waals surface area contributed by atoms with E-state index in [1.54, 1.807) is 24.3 Å². The lowest BCUT2D eigenvalue weighted by Crippen LogP contribution is -2.27. The lowest BCUT2D eigenvalue weighted by atomic mass is 10.1. The molecular weight excluding hydrogens is 248 g/mol. The van der Waals surface area contributed by atoms with Gasteiger partial charge in [-0.05, 0) is 12.1 Å². The van der Waals surface area contributed by atoms with Gasteiger partial charge in [-0.1, -0.05) is 12.1 Å². The lowest BCUT2D eigenvalue weighted by Gasteiger charge is -2.08. The molecule has 19 heavy (non-hydrogen) atoms. The van der Waals surface area contributed by atoms with Gasteiger partial charge in [0.25, 0.3) is 5.91 Å². The maximum atomic E-state index is 12.0. The molecule has 0 aliphatic rings. The molecule has 0 fully saturated rings. The zero-order valence-corrected chi connectivity index (χ0v) is 9.98. The molecule has 0 aliphatic carbocycles. The Morgan fingerprint density at radius 1 is 1.21 bits per heavy atom. The molecule has 1 amide bonds. The van der Waals surface area contributed by atoms with Crippen LogP contribution in [0.4, 0.5) is 0 Å². The summed E-state index contributed by atoms with van der Waals surface area (Å²) in [7, 11) is 0. The number of nitrogens with zero attached hydrogens (tertiary/aromatic N) is 3. The van der Waals surface area contributed by atoms with Gasteiger partial charge in [-0.2, -0.15) is 15.0 Å². The van der Waals surface area contributed by atoms with Gasteiger partial charge in [0, 0.05) is 6.54 Å².